The first-order valence-electron chi connectivity index (χ1n) is 20.0. The van der Waals surface area contributed by atoms with Gasteiger partial charge in [0.2, 0.25) is 0 Å². The molecule has 4 atom stereocenters. The molecule has 298 valence electrons. The number of hydrogen-bond acceptors (Lipinski definition) is 6. The summed E-state index contributed by atoms with van der Waals surface area (Å²) in [7, 11) is -7.61. The van der Waals surface area contributed by atoms with Gasteiger partial charge in [0.1, 0.15) is 11.5 Å². The lowest BCUT2D eigenvalue weighted by atomic mass is 10.0. The Balaban J connectivity index is 1.13. The van der Waals surface area contributed by atoms with Crippen molar-refractivity contribution in [2.75, 3.05) is 0 Å². The Bertz CT molecular complexity index is 2790. The van der Waals surface area contributed by atoms with Crippen LogP contribution in [0.4, 0.5) is 0 Å². The third-order valence-corrected chi connectivity index (χ3v) is 16.2. The second-order valence-corrected chi connectivity index (χ2v) is 19.7. The van der Waals surface area contributed by atoms with Gasteiger partial charge in [-0.15, -0.1) is 13.2 Å². The summed E-state index contributed by atoms with van der Waals surface area (Å²) < 4.78 is 58.2. The fourth-order valence-electron chi connectivity index (χ4n) is 8.13. The molecule has 2 heterocycles. The lowest BCUT2D eigenvalue weighted by Gasteiger charge is -2.35. The predicted octanol–water partition coefficient (Wildman–Crippen LogP) is 12.9. The van der Waals surface area contributed by atoms with Crippen LogP contribution in [-0.2, 0) is 44.7 Å². The van der Waals surface area contributed by atoms with E-state index in [1.165, 1.54) is 0 Å². The minimum Gasteiger partial charge on any atom is -0.437 e. The molecule has 0 saturated carbocycles. The zero-order chi connectivity index (χ0) is 41.1. The first-order valence-corrected chi connectivity index (χ1v) is 23.4. The topological polar surface area (TPSA) is 71.1 Å². The van der Waals surface area contributed by atoms with Crippen LogP contribution in [0.25, 0.3) is 22.3 Å². The number of ether oxygens (including phenoxy) is 2. The summed E-state index contributed by atoms with van der Waals surface area (Å²) >= 11 is 0. The standard InChI is InChI=1S/C52H44O6P2/c1-3-14-37-26-28-39(29-27-37)35-55-51(59(53)49-24-11-7-20-45(49)43-18-5-9-22-47(43)57-59)41-30-32-42(33-31-41)52(56-36-40-17-13-16-38(34-40)15-4-2)60(54)50-25-12-8-21-46(50)44-19-6-10-23-48(44)58-60/h3-13,16-34,51-52H,1-2,14-15,35-36H2. The molecule has 7 aromatic carbocycles. The molecule has 0 saturated heterocycles. The molecule has 8 heteroatoms. The third-order valence-electron chi connectivity index (χ3n) is 11.0. The monoisotopic (exact) mass is 826 g/mol. The number of benzene rings is 7. The van der Waals surface area contributed by atoms with Crippen LogP contribution in [-0.4, -0.2) is 0 Å². The SMILES string of the molecule is C=CCc1ccc(COC(c2ccc(C(OCc3cccc(CC=C)c3)P3(=O)Oc4ccccc4-c4ccccc43)cc2)P2(=O)Oc3ccccc3-c3ccccc32)cc1. The summed E-state index contributed by atoms with van der Waals surface area (Å²) in [6, 6.07) is 54.5. The van der Waals surface area contributed by atoms with Gasteiger partial charge in [0.15, 0.2) is 11.7 Å². The Morgan fingerprint density at radius 3 is 1.38 bits per heavy atom. The lowest BCUT2D eigenvalue weighted by Crippen LogP contribution is -2.24. The van der Waals surface area contributed by atoms with Crippen molar-refractivity contribution < 1.29 is 27.7 Å². The molecule has 6 nitrogen and oxygen atoms in total. The Kier molecular flexibility index (Phi) is 11.1. The Hall–Kier alpha value is -6.00. The first-order chi connectivity index (χ1) is 29.4. The maximum absolute atomic E-state index is 15.8. The highest BCUT2D eigenvalue weighted by molar-refractivity contribution is 7.68. The van der Waals surface area contributed by atoms with Gasteiger partial charge in [0.05, 0.1) is 23.8 Å². The van der Waals surface area contributed by atoms with E-state index < -0.39 is 26.4 Å². The van der Waals surface area contributed by atoms with Crippen LogP contribution in [0.2, 0.25) is 0 Å². The molecule has 60 heavy (non-hydrogen) atoms. The summed E-state index contributed by atoms with van der Waals surface area (Å²) in [6.07, 6.45) is 5.22. The van der Waals surface area contributed by atoms with Crippen molar-refractivity contribution in [3.05, 3.63) is 229 Å². The molecule has 0 fully saturated rings. The van der Waals surface area contributed by atoms with E-state index in [0.717, 1.165) is 57.3 Å². The third kappa shape index (κ3) is 7.53. The fraction of sp³-hybridized carbons (Fsp3) is 0.115. The molecule has 0 aromatic heterocycles. The highest BCUT2D eigenvalue weighted by Crippen LogP contribution is 2.66. The number of rotatable bonds is 14. The fourth-order valence-corrected chi connectivity index (χ4v) is 13.2. The van der Waals surface area contributed by atoms with E-state index in [1.54, 1.807) is 0 Å². The summed E-state index contributed by atoms with van der Waals surface area (Å²) in [5.41, 5.74) is 8.84. The lowest BCUT2D eigenvalue weighted by molar-refractivity contribution is 0.0838. The molecule has 2 aliphatic heterocycles. The molecule has 7 aromatic rings. The Labute approximate surface area is 351 Å². The van der Waals surface area contributed by atoms with Gasteiger partial charge in [-0.25, -0.2) is 0 Å². The van der Waals surface area contributed by atoms with Crippen molar-refractivity contribution >= 4 is 25.3 Å². The van der Waals surface area contributed by atoms with Crippen molar-refractivity contribution in [3.63, 3.8) is 0 Å². The van der Waals surface area contributed by atoms with Crippen LogP contribution in [0.1, 0.15) is 45.1 Å². The van der Waals surface area contributed by atoms with Crippen molar-refractivity contribution in [2.24, 2.45) is 0 Å². The van der Waals surface area contributed by atoms with Crippen LogP contribution in [0.15, 0.2) is 195 Å². The zero-order valence-corrected chi connectivity index (χ0v) is 34.9. The number of fused-ring (bicyclic) bond motifs is 6. The van der Waals surface area contributed by atoms with Gasteiger partial charge < -0.3 is 18.5 Å². The van der Waals surface area contributed by atoms with E-state index in [9.17, 15) is 0 Å². The van der Waals surface area contributed by atoms with Crippen molar-refractivity contribution in [3.8, 4) is 33.8 Å². The van der Waals surface area contributed by atoms with E-state index in [2.05, 4.69) is 37.4 Å². The van der Waals surface area contributed by atoms with Crippen LogP contribution >= 0.6 is 14.7 Å². The van der Waals surface area contributed by atoms with E-state index in [4.69, 9.17) is 18.5 Å². The number of hydrogen-bond donors (Lipinski definition) is 0. The molecule has 0 amide bonds. The van der Waals surface area contributed by atoms with Gasteiger partial charge in [-0.1, -0.05) is 158 Å². The minimum atomic E-state index is -3.81. The van der Waals surface area contributed by atoms with Gasteiger partial charge in [-0.3, -0.25) is 9.13 Å². The quantitative estimate of drug-likeness (QED) is 0.0803. The highest BCUT2D eigenvalue weighted by Gasteiger charge is 2.47. The van der Waals surface area contributed by atoms with Gasteiger partial charge in [-0.2, -0.15) is 0 Å². The minimum absolute atomic E-state index is 0.186. The highest BCUT2D eigenvalue weighted by atomic mass is 31.2. The number of para-hydroxylation sites is 2. The maximum atomic E-state index is 15.8. The second-order valence-electron chi connectivity index (χ2n) is 15.0. The average molecular weight is 827 g/mol. The molecule has 0 aliphatic carbocycles. The molecule has 9 rings (SSSR count). The van der Waals surface area contributed by atoms with Crippen LogP contribution in [0.3, 0.4) is 0 Å². The van der Waals surface area contributed by atoms with Gasteiger partial charge in [-0.05, 0) is 81.6 Å². The molecular weight excluding hydrogens is 783 g/mol. The second kappa shape index (κ2) is 16.9. The Morgan fingerprint density at radius 2 is 0.867 bits per heavy atom. The van der Waals surface area contributed by atoms with E-state index in [-0.39, 0.29) is 13.2 Å². The van der Waals surface area contributed by atoms with Crippen LogP contribution < -0.4 is 19.7 Å². The maximum Gasteiger partial charge on any atom is 0.310 e. The zero-order valence-electron chi connectivity index (χ0n) is 33.1. The molecular formula is C52H44O6P2. The van der Waals surface area contributed by atoms with Crippen molar-refractivity contribution in [2.45, 2.75) is 37.7 Å². The van der Waals surface area contributed by atoms with Crippen molar-refractivity contribution in [1.29, 1.82) is 0 Å². The molecule has 0 radical (unpaired) electrons. The largest absolute Gasteiger partial charge is 0.437 e. The smallest absolute Gasteiger partial charge is 0.310 e. The molecule has 0 bridgehead atoms. The number of allylic oxidation sites excluding steroid dienone is 2. The van der Waals surface area contributed by atoms with Gasteiger partial charge >= 0.3 is 14.7 Å². The summed E-state index contributed by atoms with van der Waals surface area (Å²) in [5.74, 6) is -0.909. The van der Waals surface area contributed by atoms with Gasteiger partial charge in [0.25, 0.3) is 0 Å². The van der Waals surface area contributed by atoms with Gasteiger partial charge in [0, 0.05) is 11.1 Å². The average Bonchev–Trinajstić information content (AvgIpc) is 3.28. The van der Waals surface area contributed by atoms with E-state index in [0.29, 0.717) is 33.2 Å². The summed E-state index contributed by atoms with van der Waals surface area (Å²) in [4.78, 5) is 0. The summed E-state index contributed by atoms with van der Waals surface area (Å²) in [6.45, 7) is 8.13. The molecule has 0 N–H and O–H groups in total. The molecule has 2 aliphatic rings. The van der Waals surface area contributed by atoms with Crippen LogP contribution in [0, 0.1) is 0 Å². The normalized spacial score (nSPS) is 18.3. The Morgan fingerprint density at radius 1 is 0.450 bits per heavy atom. The molecule has 4 unspecified atom stereocenters. The summed E-state index contributed by atoms with van der Waals surface area (Å²) in [5, 5.41) is 1.18. The van der Waals surface area contributed by atoms with Crippen LogP contribution in [0.5, 0.6) is 11.5 Å². The van der Waals surface area contributed by atoms with E-state index in [1.807, 2.05) is 158 Å². The van der Waals surface area contributed by atoms with Crippen molar-refractivity contribution in [1.82, 2.24) is 0 Å². The predicted molar refractivity (Wildman–Crippen MR) is 242 cm³/mol. The van der Waals surface area contributed by atoms with E-state index >= 15 is 9.13 Å². The molecule has 0 spiro atoms. The first kappa shape index (κ1) is 39.5.